The van der Waals surface area contributed by atoms with Crippen molar-refractivity contribution in [1.82, 2.24) is 0 Å². The van der Waals surface area contributed by atoms with Crippen molar-refractivity contribution >= 4 is 15.9 Å². The van der Waals surface area contributed by atoms with Gasteiger partial charge in [-0.1, -0.05) is 15.9 Å². The third kappa shape index (κ3) is 4.67. The van der Waals surface area contributed by atoms with Crippen molar-refractivity contribution in [3.05, 3.63) is 28.2 Å². The zero-order valence-corrected chi connectivity index (χ0v) is 12.5. The first kappa shape index (κ1) is 15.0. The Balaban J connectivity index is 2.47. The molecule has 0 aliphatic heterocycles. The molecule has 0 saturated carbocycles. The van der Waals surface area contributed by atoms with E-state index in [-0.39, 0.29) is 5.41 Å². The fraction of sp³-hybridized carbons (Fsp3) is 0.500. The van der Waals surface area contributed by atoms with Crippen LogP contribution in [0.4, 0.5) is 0 Å². The molecule has 0 spiro atoms. The third-order valence-electron chi connectivity index (χ3n) is 2.75. The summed E-state index contributed by atoms with van der Waals surface area (Å²) in [5, 5.41) is 8.91. The molecule has 3 nitrogen and oxygen atoms in total. The van der Waals surface area contributed by atoms with Gasteiger partial charge in [0.15, 0.2) is 0 Å². The first-order valence-corrected chi connectivity index (χ1v) is 6.80. The van der Waals surface area contributed by atoms with E-state index in [2.05, 4.69) is 22.0 Å². The van der Waals surface area contributed by atoms with Gasteiger partial charge in [-0.3, -0.25) is 0 Å². The number of rotatable bonds is 6. The summed E-state index contributed by atoms with van der Waals surface area (Å²) in [6.07, 6.45) is 1.69. The lowest BCUT2D eigenvalue weighted by Crippen LogP contribution is -2.10. The number of hydrogen-bond acceptors (Lipinski definition) is 3. The predicted octanol–water partition coefficient (Wildman–Crippen LogP) is 3.62. The normalized spacial score (nSPS) is 11.1. The zero-order valence-electron chi connectivity index (χ0n) is 10.9. The maximum atomic E-state index is 8.91. The molecule has 0 fully saturated rings. The highest BCUT2D eigenvalue weighted by Crippen LogP contribution is 2.24. The van der Waals surface area contributed by atoms with E-state index in [1.165, 1.54) is 0 Å². The van der Waals surface area contributed by atoms with Gasteiger partial charge in [0.05, 0.1) is 18.1 Å². The molecular formula is C14H19BrN2O. The van der Waals surface area contributed by atoms with Crippen LogP contribution in [-0.2, 0) is 6.54 Å². The lowest BCUT2D eigenvalue weighted by Gasteiger charge is -2.15. The quantitative estimate of drug-likeness (QED) is 0.816. The van der Waals surface area contributed by atoms with Gasteiger partial charge in [-0.2, -0.15) is 5.26 Å². The van der Waals surface area contributed by atoms with Gasteiger partial charge >= 0.3 is 0 Å². The van der Waals surface area contributed by atoms with Gasteiger partial charge in [-0.05, 0) is 44.9 Å². The highest BCUT2D eigenvalue weighted by atomic mass is 79.9. The molecule has 0 aromatic heterocycles. The summed E-state index contributed by atoms with van der Waals surface area (Å²) in [7, 11) is 0. The lowest BCUT2D eigenvalue weighted by atomic mass is 9.90. The first-order chi connectivity index (χ1) is 8.48. The van der Waals surface area contributed by atoms with Crippen LogP contribution in [0.15, 0.2) is 22.7 Å². The number of nitrogens with two attached hydrogens (primary N) is 1. The molecule has 0 aliphatic carbocycles. The summed E-state index contributed by atoms with van der Waals surface area (Å²) < 4.78 is 6.71. The Morgan fingerprint density at radius 1 is 1.44 bits per heavy atom. The van der Waals surface area contributed by atoms with Crippen LogP contribution in [0.5, 0.6) is 5.75 Å². The molecule has 0 aliphatic rings. The van der Waals surface area contributed by atoms with Gasteiger partial charge in [0, 0.05) is 16.6 Å². The van der Waals surface area contributed by atoms with Crippen LogP contribution in [0.25, 0.3) is 0 Å². The number of nitriles is 1. The molecular weight excluding hydrogens is 292 g/mol. The van der Waals surface area contributed by atoms with E-state index in [9.17, 15) is 0 Å². The standard InChI is InChI=1S/C14H19BrN2O/c1-14(2,10-17)6-3-7-18-13-5-4-12(15)8-11(13)9-16/h4-5,8H,3,6-7,9,16H2,1-2H3. The minimum absolute atomic E-state index is 0.278. The summed E-state index contributed by atoms with van der Waals surface area (Å²) in [5.41, 5.74) is 6.38. The Kier molecular flexibility index (Phi) is 5.64. The number of ether oxygens (including phenoxy) is 1. The molecule has 0 radical (unpaired) electrons. The molecule has 1 rings (SSSR count). The average Bonchev–Trinajstić information content (AvgIpc) is 2.36. The molecule has 0 saturated heterocycles. The maximum Gasteiger partial charge on any atom is 0.123 e. The molecule has 98 valence electrons. The summed E-state index contributed by atoms with van der Waals surface area (Å²) in [6, 6.07) is 8.11. The van der Waals surface area contributed by atoms with E-state index in [0.29, 0.717) is 13.2 Å². The van der Waals surface area contributed by atoms with Crippen molar-refractivity contribution in [1.29, 1.82) is 5.26 Å². The van der Waals surface area contributed by atoms with Gasteiger partial charge in [-0.25, -0.2) is 0 Å². The highest BCUT2D eigenvalue weighted by molar-refractivity contribution is 9.10. The van der Waals surface area contributed by atoms with Crippen molar-refractivity contribution in [2.75, 3.05) is 6.61 Å². The van der Waals surface area contributed by atoms with Crippen molar-refractivity contribution in [2.45, 2.75) is 33.2 Å². The smallest absolute Gasteiger partial charge is 0.123 e. The van der Waals surface area contributed by atoms with Crippen LogP contribution in [-0.4, -0.2) is 6.61 Å². The van der Waals surface area contributed by atoms with E-state index in [4.69, 9.17) is 15.7 Å². The second-order valence-electron chi connectivity index (χ2n) is 4.90. The topological polar surface area (TPSA) is 59.0 Å². The van der Waals surface area contributed by atoms with E-state index in [1.54, 1.807) is 0 Å². The lowest BCUT2D eigenvalue weighted by molar-refractivity contribution is 0.282. The SMILES string of the molecule is CC(C)(C#N)CCCOc1ccc(Br)cc1CN. The summed E-state index contributed by atoms with van der Waals surface area (Å²) in [4.78, 5) is 0. The van der Waals surface area contributed by atoms with Gasteiger partial charge in [0.1, 0.15) is 5.75 Å². The van der Waals surface area contributed by atoms with Crippen molar-refractivity contribution in [3.8, 4) is 11.8 Å². The molecule has 0 atom stereocenters. The number of benzene rings is 1. The van der Waals surface area contributed by atoms with Crippen molar-refractivity contribution in [2.24, 2.45) is 11.1 Å². The number of hydrogen-bond donors (Lipinski definition) is 1. The average molecular weight is 311 g/mol. The minimum atomic E-state index is -0.278. The molecule has 2 N–H and O–H groups in total. The fourth-order valence-corrected chi connectivity index (χ4v) is 2.01. The van der Waals surface area contributed by atoms with E-state index in [1.807, 2.05) is 32.0 Å². The number of halogens is 1. The molecule has 0 unspecified atom stereocenters. The Labute approximate surface area is 117 Å². The van der Waals surface area contributed by atoms with Gasteiger partial charge in [0.25, 0.3) is 0 Å². The molecule has 18 heavy (non-hydrogen) atoms. The molecule has 1 aromatic rings. The number of nitrogens with zero attached hydrogens (tertiary/aromatic N) is 1. The highest BCUT2D eigenvalue weighted by Gasteiger charge is 2.15. The fourth-order valence-electron chi connectivity index (χ4n) is 1.60. The summed E-state index contributed by atoms with van der Waals surface area (Å²) in [5.74, 6) is 0.829. The van der Waals surface area contributed by atoms with Gasteiger partial charge in [-0.15, -0.1) is 0 Å². The maximum absolute atomic E-state index is 8.91. The summed E-state index contributed by atoms with van der Waals surface area (Å²) >= 11 is 3.41. The second-order valence-corrected chi connectivity index (χ2v) is 5.82. The van der Waals surface area contributed by atoms with Crippen LogP contribution in [0.1, 0.15) is 32.3 Å². The Bertz CT molecular complexity index is 438. The van der Waals surface area contributed by atoms with Crippen molar-refractivity contribution in [3.63, 3.8) is 0 Å². The monoisotopic (exact) mass is 310 g/mol. The van der Waals surface area contributed by atoms with Crippen LogP contribution >= 0.6 is 15.9 Å². The van der Waals surface area contributed by atoms with E-state index in [0.717, 1.165) is 28.6 Å². The zero-order chi connectivity index (χ0) is 13.6. The molecule has 0 heterocycles. The molecule has 0 amide bonds. The molecule has 4 heteroatoms. The Morgan fingerprint density at radius 2 is 2.17 bits per heavy atom. The van der Waals surface area contributed by atoms with Crippen LogP contribution < -0.4 is 10.5 Å². The first-order valence-electron chi connectivity index (χ1n) is 6.01. The van der Waals surface area contributed by atoms with Crippen molar-refractivity contribution < 1.29 is 4.74 Å². The summed E-state index contributed by atoms with van der Waals surface area (Å²) in [6.45, 7) is 4.95. The van der Waals surface area contributed by atoms with Gasteiger partial charge in [0.2, 0.25) is 0 Å². The van der Waals surface area contributed by atoms with Crippen LogP contribution in [0.2, 0.25) is 0 Å². The van der Waals surface area contributed by atoms with E-state index < -0.39 is 0 Å². The second kappa shape index (κ2) is 6.77. The Morgan fingerprint density at radius 3 is 2.78 bits per heavy atom. The van der Waals surface area contributed by atoms with Crippen LogP contribution in [0.3, 0.4) is 0 Å². The van der Waals surface area contributed by atoms with Crippen LogP contribution in [0, 0.1) is 16.7 Å². The Hall–Kier alpha value is -1.05. The third-order valence-corrected chi connectivity index (χ3v) is 3.24. The predicted molar refractivity (Wildman–Crippen MR) is 76.2 cm³/mol. The molecule has 0 bridgehead atoms. The molecule has 1 aromatic carbocycles. The van der Waals surface area contributed by atoms with E-state index >= 15 is 0 Å². The largest absolute Gasteiger partial charge is 0.493 e. The minimum Gasteiger partial charge on any atom is -0.493 e. The van der Waals surface area contributed by atoms with Gasteiger partial charge < -0.3 is 10.5 Å².